The number of hydrogen-bond acceptors (Lipinski definition) is 3. The van der Waals surface area contributed by atoms with Crippen molar-refractivity contribution >= 4 is 29.2 Å². The monoisotopic (exact) mass is 288 g/mol. The SMILES string of the molecule is O=C1CN(C(=O)[C@@H]2CC[C@H](C(=O)O)C2)c2ccccc2N1. The zero-order valence-electron chi connectivity index (χ0n) is 11.4. The molecule has 2 N–H and O–H groups in total. The summed E-state index contributed by atoms with van der Waals surface area (Å²) in [4.78, 5) is 36.8. The van der Waals surface area contributed by atoms with Crippen LogP contribution >= 0.6 is 0 Å². The first-order valence-electron chi connectivity index (χ1n) is 6.99. The molecule has 0 radical (unpaired) electrons. The Morgan fingerprint density at radius 1 is 1.19 bits per heavy atom. The van der Waals surface area contributed by atoms with E-state index in [0.29, 0.717) is 30.6 Å². The van der Waals surface area contributed by atoms with Crippen LogP contribution in [0.1, 0.15) is 19.3 Å². The number of fused-ring (bicyclic) bond motifs is 1. The highest BCUT2D eigenvalue weighted by Gasteiger charge is 2.38. The number of anilines is 2. The third kappa shape index (κ3) is 2.49. The minimum absolute atomic E-state index is 0.00984. The zero-order valence-corrected chi connectivity index (χ0v) is 11.4. The molecule has 1 aliphatic carbocycles. The second-order valence-electron chi connectivity index (χ2n) is 5.53. The Balaban J connectivity index is 1.82. The Hall–Kier alpha value is -2.37. The molecular formula is C15H16N2O4. The van der Waals surface area contributed by atoms with Gasteiger partial charge in [0, 0.05) is 5.92 Å². The molecule has 0 saturated heterocycles. The van der Waals surface area contributed by atoms with E-state index in [2.05, 4.69) is 5.32 Å². The summed E-state index contributed by atoms with van der Waals surface area (Å²) >= 11 is 0. The van der Waals surface area contributed by atoms with Crippen molar-refractivity contribution in [1.82, 2.24) is 0 Å². The van der Waals surface area contributed by atoms with Crippen molar-refractivity contribution in [2.75, 3.05) is 16.8 Å². The van der Waals surface area contributed by atoms with E-state index in [1.807, 2.05) is 6.07 Å². The normalized spacial score (nSPS) is 24.4. The molecule has 3 rings (SSSR count). The van der Waals surface area contributed by atoms with Crippen LogP contribution in [0, 0.1) is 11.8 Å². The van der Waals surface area contributed by atoms with E-state index in [0.717, 1.165) is 0 Å². The molecule has 2 atom stereocenters. The van der Waals surface area contributed by atoms with Crippen molar-refractivity contribution in [2.45, 2.75) is 19.3 Å². The summed E-state index contributed by atoms with van der Waals surface area (Å²) in [5.74, 6) is -1.99. The van der Waals surface area contributed by atoms with Crippen molar-refractivity contribution in [3.8, 4) is 0 Å². The van der Waals surface area contributed by atoms with Gasteiger partial charge in [0.2, 0.25) is 11.8 Å². The topological polar surface area (TPSA) is 86.7 Å². The average Bonchev–Trinajstić information content (AvgIpc) is 2.95. The van der Waals surface area contributed by atoms with Crippen LogP contribution in [-0.4, -0.2) is 29.4 Å². The second kappa shape index (κ2) is 5.20. The number of amides is 2. The van der Waals surface area contributed by atoms with Crippen LogP contribution in [0.4, 0.5) is 11.4 Å². The number of carboxylic acids is 1. The molecule has 21 heavy (non-hydrogen) atoms. The van der Waals surface area contributed by atoms with Crippen molar-refractivity contribution in [3.63, 3.8) is 0 Å². The number of carboxylic acid groups (broad SMARTS) is 1. The van der Waals surface area contributed by atoms with Crippen LogP contribution in [0.15, 0.2) is 24.3 Å². The summed E-state index contributed by atoms with van der Waals surface area (Å²) in [5.41, 5.74) is 1.30. The highest BCUT2D eigenvalue weighted by molar-refractivity contribution is 6.10. The van der Waals surface area contributed by atoms with Gasteiger partial charge in [0.1, 0.15) is 6.54 Å². The highest BCUT2D eigenvalue weighted by Crippen LogP contribution is 2.36. The quantitative estimate of drug-likeness (QED) is 0.862. The van der Waals surface area contributed by atoms with Gasteiger partial charge in [-0.1, -0.05) is 12.1 Å². The van der Waals surface area contributed by atoms with E-state index in [1.54, 1.807) is 18.2 Å². The number of aliphatic carboxylic acids is 1. The maximum atomic E-state index is 12.6. The van der Waals surface area contributed by atoms with Gasteiger partial charge in [-0.3, -0.25) is 14.4 Å². The van der Waals surface area contributed by atoms with Crippen LogP contribution in [-0.2, 0) is 14.4 Å². The van der Waals surface area contributed by atoms with Gasteiger partial charge in [-0.05, 0) is 31.4 Å². The van der Waals surface area contributed by atoms with Gasteiger partial charge in [-0.15, -0.1) is 0 Å². The Bertz CT molecular complexity index is 613. The molecule has 0 aromatic heterocycles. The minimum atomic E-state index is -0.845. The second-order valence-corrected chi connectivity index (χ2v) is 5.53. The number of benzene rings is 1. The van der Waals surface area contributed by atoms with Gasteiger partial charge in [-0.25, -0.2) is 0 Å². The number of rotatable bonds is 2. The van der Waals surface area contributed by atoms with Gasteiger partial charge in [0.25, 0.3) is 0 Å². The van der Waals surface area contributed by atoms with E-state index >= 15 is 0 Å². The summed E-state index contributed by atoms with van der Waals surface area (Å²) < 4.78 is 0. The number of hydrogen-bond donors (Lipinski definition) is 2. The Kier molecular flexibility index (Phi) is 3.37. The third-order valence-corrected chi connectivity index (χ3v) is 4.17. The van der Waals surface area contributed by atoms with Crippen molar-refractivity contribution in [2.24, 2.45) is 11.8 Å². The highest BCUT2D eigenvalue weighted by atomic mass is 16.4. The van der Waals surface area contributed by atoms with Crippen LogP contribution < -0.4 is 10.2 Å². The lowest BCUT2D eigenvalue weighted by Crippen LogP contribution is -2.44. The molecule has 1 fully saturated rings. The summed E-state index contributed by atoms with van der Waals surface area (Å²) in [6.45, 7) is -0.00984. The molecule has 1 aliphatic heterocycles. The summed E-state index contributed by atoms with van der Waals surface area (Å²) in [6, 6.07) is 7.14. The van der Waals surface area contributed by atoms with Gasteiger partial charge in [-0.2, -0.15) is 0 Å². The number of nitrogens with zero attached hydrogens (tertiary/aromatic N) is 1. The average molecular weight is 288 g/mol. The maximum Gasteiger partial charge on any atom is 0.306 e. The number of nitrogens with one attached hydrogen (secondary N) is 1. The largest absolute Gasteiger partial charge is 0.481 e. The molecule has 6 heteroatoms. The molecule has 1 aromatic carbocycles. The predicted octanol–water partition coefficient (Wildman–Crippen LogP) is 1.47. The van der Waals surface area contributed by atoms with Crippen LogP contribution in [0.2, 0.25) is 0 Å². The number of carbonyl (C=O) groups excluding carboxylic acids is 2. The van der Waals surface area contributed by atoms with Crippen LogP contribution in [0.25, 0.3) is 0 Å². The van der Waals surface area contributed by atoms with Gasteiger partial charge < -0.3 is 15.3 Å². The fourth-order valence-corrected chi connectivity index (χ4v) is 3.08. The number of para-hydroxylation sites is 2. The Morgan fingerprint density at radius 2 is 1.90 bits per heavy atom. The molecule has 0 bridgehead atoms. The maximum absolute atomic E-state index is 12.6. The lowest BCUT2D eigenvalue weighted by Gasteiger charge is -2.31. The molecule has 2 aliphatic rings. The van der Waals surface area contributed by atoms with E-state index in [4.69, 9.17) is 5.11 Å². The molecule has 0 unspecified atom stereocenters. The summed E-state index contributed by atoms with van der Waals surface area (Å²) in [6.07, 6.45) is 1.44. The van der Waals surface area contributed by atoms with Gasteiger partial charge >= 0.3 is 5.97 Å². The van der Waals surface area contributed by atoms with E-state index in [1.165, 1.54) is 4.90 Å². The lowest BCUT2D eigenvalue weighted by molar-refractivity contribution is -0.141. The molecular weight excluding hydrogens is 272 g/mol. The fraction of sp³-hybridized carbons (Fsp3) is 0.400. The predicted molar refractivity (Wildman–Crippen MR) is 75.9 cm³/mol. The van der Waals surface area contributed by atoms with Crippen molar-refractivity contribution in [1.29, 1.82) is 0 Å². The molecule has 1 aromatic rings. The molecule has 0 spiro atoms. The Labute approximate surface area is 121 Å². The zero-order chi connectivity index (χ0) is 15.0. The summed E-state index contributed by atoms with van der Waals surface area (Å²) in [7, 11) is 0. The molecule has 1 heterocycles. The first-order valence-corrected chi connectivity index (χ1v) is 6.99. The lowest BCUT2D eigenvalue weighted by atomic mass is 10.0. The molecule has 2 amide bonds. The van der Waals surface area contributed by atoms with Gasteiger partial charge in [0.15, 0.2) is 0 Å². The van der Waals surface area contributed by atoms with Crippen molar-refractivity contribution in [3.05, 3.63) is 24.3 Å². The number of carbonyl (C=O) groups is 3. The molecule has 6 nitrogen and oxygen atoms in total. The molecule has 1 saturated carbocycles. The minimum Gasteiger partial charge on any atom is -0.481 e. The fourth-order valence-electron chi connectivity index (χ4n) is 3.08. The van der Waals surface area contributed by atoms with Crippen LogP contribution in [0.5, 0.6) is 0 Å². The molecule has 110 valence electrons. The van der Waals surface area contributed by atoms with Crippen molar-refractivity contribution < 1.29 is 19.5 Å². The summed E-state index contributed by atoms with van der Waals surface area (Å²) in [5, 5.41) is 11.8. The van der Waals surface area contributed by atoms with E-state index in [9.17, 15) is 14.4 Å². The first kappa shape index (κ1) is 13.6. The van der Waals surface area contributed by atoms with Crippen LogP contribution in [0.3, 0.4) is 0 Å². The smallest absolute Gasteiger partial charge is 0.306 e. The first-order chi connectivity index (χ1) is 10.1. The van der Waals surface area contributed by atoms with E-state index < -0.39 is 11.9 Å². The van der Waals surface area contributed by atoms with E-state index in [-0.39, 0.29) is 24.3 Å². The Morgan fingerprint density at radius 3 is 2.62 bits per heavy atom. The third-order valence-electron chi connectivity index (χ3n) is 4.17. The van der Waals surface area contributed by atoms with Gasteiger partial charge in [0.05, 0.1) is 17.3 Å². The standard InChI is InChI=1S/C15H16N2O4/c18-13-8-17(12-4-2-1-3-11(12)16-13)14(19)9-5-6-10(7-9)15(20)21/h1-4,9-10H,5-8H2,(H,16,18)(H,20,21)/t9-,10+/m1/s1.